The normalized spacial score (nSPS) is 30.8. The van der Waals surface area contributed by atoms with E-state index in [2.05, 4.69) is 27.9 Å². The van der Waals surface area contributed by atoms with Crippen LogP contribution in [0.1, 0.15) is 39.0 Å². The molecule has 3 heteroatoms. The Labute approximate surface area is 87.6 Å². The summed E-state index contributed by atoms with van der Waals surface area (Å²) in [5.41, 5.74) is 0. The Hall–Kier alpha value is 0.200. The van der Waals surface area contributed by atoms with Crippen molar-refractivity contribution in [2.75, 3.05) is 0 Å². The molecule has 0 radical (unpaired) electrons. The van der Waals surface area contributed by atoms with Crippen molar-refractivity contribution in [2.45, 2.75) is 49.0 Å². The number of alkyl halides is 1. The summed E-state index contributed by atoms with van der Waals surface area (Å²) in [6, 6.07) is 0.422. The summed E-state index contributed by atoms with van der Waals surface area (Å²) in [6.07, 6.45) is 6.34. The number of amides is 1. The Kier molecular flexibility index (Phi) is 4.32. The van der Waals surface area contributed by atoms with E-state index in [1.807, 2.05) is 0 Å². The smallest absolute Gasteiger partial charge is 0.217 e. The first-order valence-corrected chi connectivity index (χ1v) is 5.86. The molecule has 1 fully saturated rings. The van der Waals surface area contributed by atoms with Gasteiger partial charge in [0.25, 0.3) is 0 Å². The minimum absolute atomic E-state index is 0.114. The van der Waals surface area contributed by atoms with Gasteiger partial charge < -0.3 is 5.32 Å². The number of hydrogen-bond acceptors (Lipinski definition) is 1. The number of carbonyl (C=O) groups is 1. The monoisotopic (exact) mass is 281 g/mol. The molecule has 0 aromatic carbocycles. The Bertz CT molecular complexity index is 161. The molecule has 0 saturated heterocycles. The van der Waals surface area contributed by atoms with Crippen LogP contribution in [0.2, 0.25) is 0 Å². The molecule has 1 rings (SSSR count). The highest BCUT2D eigenvalue weighted by Gasteiger charge is 2.21. The van der Waals surface area contributed by atoms with Crippen molar-refractivity contribution in [3.8, 4) is 0 Å². The summed E-state index contributed by atoms with van der Waals surface area (Å²) < 4.78 is 0.633. The number of rotatable bonds is 1. The fourth-order valence-electron chi connectivity index (χ4n) is 1.69. The van der Waals surface area contributed by atoms with Gasteiger partial charge in [0.2, 0.25) is 5.91 Å². The van der Waals surface area contributed by atoms with Crippen molar-refractivity contribution in [1.29, 1.82) is 0 Å². The maximum absolute atomic E-state index is 10.9. The zero-order valence-corrected chi connectivity index (χ0v) is 9.63. The highest BCUT2D eigenvalue weighted by molar-refractivity contribution is 14.1. The molecule has 0 bridgehead atoms. The molecule has 12 heavy (non-hydrogen) atoms. The van der Waals surface area contributed by atoms with Crippen molar-refractivity contribution in [3.05, 3.63) is 0 Å². The van der Waals surface area contributed by atoms with Gasteiger partial charge in [-0.25, -0.2) is 0 Å². The zero-order chi connectivity index (χ0) is 8.97. The molecule has 1 N–H and O–H groups in total. The van der Waals surface area contributed by atoms with Crippen LogP contribution in [-0.2, 0) is 4.79 Å². The van der Waals surface area contributed by atoms with E-state index in [0.29, 0.717) is 9.97 Å². The predicted molar refractivity (Wildman–Crippen MR) is 58.5 cm³/mol. The average molecular weight is 281 g/mol. The highest BCUT2D eigenvalue weighted by Crippen LogP contribution is 2.23. The first-order chi connectivity index (χ1) is 5.70. The van der Waals surface area contributed by atoms with Crippen molar-refractivity contribution >= 4 is 28.5 Å². The Morgan fingerprint density at radius 2 is 2.00 bits per heavy atom. The number of hydrogen-bond donors (Lipinski definition) is 1. The Balaban J connectivity index is 2.41. The molecule has 0 unspecified atom stereocenters. The van der Waals surface area contributed by atoms with Crippen LogP contribution in [-0.4, -0.2) is 15.9 Å². The van der Waals surface area contributed by atoms with E-state index in [1.54, 1.807) is 6.92 Å². The van der Waals surface area contributed by atoms with Gasteiger partial charge in [-0.2, -0.15) is 0 Å². The van der Waals surface area contributed by atoms with Crippen molar-refractivity contribution < 1.29 is 4.79 Å². The van der Waals surface area contributed by atoms with E-state index in [9.17, 15) is 4.79 Å². The van der Waals surface area contributed by atoms with E-state index in [1.165, 1.54) is 25.7 Å². The molecule has 1 aliphatic carbocycles. The summed E-state index contributed by atoms with van der Waals surface area (Å²) in [5, 5.41) is 3.03. The molecule has 2 atom stereocenters. The van der Waals surface area contributed by atoms with Crippen LogP contribution in [0.4, 0.5) is 0 Å². The Morgan fingerprint density at radius 3 is 2.67 bits per heavy atom. The summed E-state index contributed by atoms with van der Waals surface area (Å²) in [5.74, 6) is 0.114. The fraction of sp³-hybridized carbons (Fsp3) is 0.889. The van der Waals surface area contributed by atoms with Gasteiger partial charge in [-0.15, -0.1) is 0 Å². The van der Waals surface area contributed by atoms with Gasteiger partial charge in [0.15, 0.2) is 0 Å². The molecule has 0 aromatic heterocycles. The quantitative estimate of drug-likeness (QED) is 0.446. The first-order valence-electron chi connectivity index (χ1n) is 4.61. The van der Waals surface area contributed by atoms with Gasteiger partial charge in [-0.05, 0) is 12.8 Å². The topological polar surface area (TPSA) is 29.1 Å². The second kappa shape index (κ2) is 5.04. The molecule has 1 amide bonds. The number of halogens is 1. The van der Waals surface area contributed by atoms with Gasteiger partial charge in [-0.3, -0.25) is 4.79 Å². The van der Waals surface area contributed by atoms with E-state index in [0.717, 1.165) is 6.42 Å². The standard InChI is InChI=1S/C9H16INO/c1-7(12)11-9-6-4-2-3-5-8(9)10/h8-9H,2-6H2,1H3,(H,11,12)/t8-,9+/m0/s1. The maximum atomic E-state index is 10.9. The minimum atomic E-state index is 0.114. The molecular formula is C9H16INO. The fourth-order valence-corrected chi connectivity index (χ4v) is 2.67. The number of nitrogens with one attached hydrogen (secondary N) is 1. The molecule has 1 saturated carbocycles. The predicted octanol–water partition coefficient (Wildman–Crippen LogP) is 2.26. The molecule has 0 aromatic rings. The molecule has 1 aliphatic rings. The van der Waals surface area contributed by atoms with E-state index in [4.69, 9.17) is 0 Å². The molecule has 0 heterocycles. The van der Waals surface area contributed by atoms with Crippen molar-refractivity contribution in [3.63, 3.8) is 0 Å². The second-order valence-corrected chi connectivity index (χ2v) is 5.06. The van der Waals surface area contributed by atoms with E-state index >= 15 is 0 Å². The third kappa shape index (κ3) is 3.29. The molecule has 0 spiro atoms. The van der Waals surface area contributed by atoms with Crippen molar-refractivity contribution in [1.82, 2.24) is 5.32 Å². The third-order valence-corrected chi connectivity index (χ3v) is 3.81. The highest BCUT2D eigenvalue weighted by atomic mass is 127. The minimum Gasteiger partial charge on any atom is -0.353 e. The van der Waals surface area contributed by atoms with Gasteiger partial charge in [-0.1, -0.05) is 41.9 Å². The summed E-state index contributed by atoms with van der Waals surface area (Å²) in [4.78, 5) is 10.9. The molecule has 0 aliphatic heterocycles. The SMILES string of the molecule is CC(=O)N[C@@H]1CCCCC[C@@H]1I. The van der Waals surface area contributed by atoms with Crippen LogP contribution in [0.5, 0.6) is 0 Å². The van der Waals surface area contributed by atoms with Gasteiger partial charge in [0.1, 0.15) is 0 Å². The lowest BCUT2D eigenvalue weighted by Crippen LogP contribution is -2.38. The summed E-state index contributed by atoms with van der Waals surface area (Å²) in [7, 11) is 0. The van der Waals surface area contributed by atoms with E-state index < -0.39 is 0 Å². The lowest BCUT2D eigenvalue weighted by atomic mass is 10.1. The lowest BCUT2D eigenvalue weighted by Gasteiger charge is -2.20. The van der Waals surface area contributed by atoms with Gasteiger partial charge in [0.05, 0.1) is 0 Å². The largest absolute Gasteiger partial charge is 0.353 e. The summed E-state index contributed by atoms with van der Waals surface area (Å²) in [6.45, 7) is 1.61. The molecule has 70 valence electrons. The number of carbonyl (C=O) groups excluding carboxylic acids is 1. The molecular weight excluding hydrogens is 265 g/mol. The van der Waals surface area contributed by atoms with Crippen LogP contribution in [0.25, 0.3) is 0 Å². The van der Waals surface area contributed by atoms with Crippen LogP contribution >= 0.6 is 22.6 Å². The van der Waals surface area contributed by atoms with Gasteiger partial charge in [0, 0.05) is 16.9 Å². The average Bonchev–Trinajstić information content (AvgIpc) is 2.16. The third-order valence-electron chi connectivity index (χ3n) is 2.32. The Morgan fingerprint density at radius 1 is 1.33 bits per heavy atom. The van der Waals surface area contributed by atoms with E-state index in [-0.39, 0.29) is 5.91 Å². The second-order valence-electron chi connectivity index (χ2n) is 3.46. The van der Waals surface area contributed by atoms with Crippen LogP contribution < -0.4 is 5.32 Å². The maximum Gasteiger partial charge on any atom is 0.217 e. The van der Waals surface area contributed by atoms with Crippen LogP contribution in [0.3, 0.4) is 0 Å². The molecule has 2 nitrogen and oxygen atoms in total. The first kappa shape index (κ1) is 10.3. The summed E-state index contributed by atoms with van der Waals surface area (Å²) >= 11 is 2.46. The van der Waals surface area contributed by atoms with Crippen LogP contribution in [0.15, 0.2) is 0 Å². The van der Waals surface area contributed by atoms with Crippen LogP contribution in [0, 0.1) is 0 Å². The zero-order valence-electron chi connectivity index (χ0n) is 7.48. The van der Waals surface area contributed by atoms with Crippen molar-refractivity contribution in [2.24, 2.45) is 0 Å². The lowest BCUT2D eigenvalue weighted by molar-refractivity contribution is -0.119. The van der Waals surface area contributed by atoms with Gasteiger partial charge >= 0.3 is 0 Å².